The van der Waals surface area contributed by atoms with Gasteiger partial charge in [0.15, 0.2) is 5.96 Å². The average molecular weight is 345 g/mol. The largest absolute Gasteiger partial charge is 0.382 e. The summed E-state index contributed by atoms with van der Waals surface area (Å²) in [7, 11) is 3.44. The van der Waals surface area contributed by atoms with Crippen molar-refractivity contribution in [1.82, 2.24) is 20.2 Å². The van der Waals surface area contributed by atoms with Crippen molar-refractivity contribution in [3.63, 3.8) is 0 Å². The van der Waals surface area contributed by atoms with E-state index in [-0.39, 0.29) is 0 Å². The lowest BCUT2D eigenvalue weighted by molar-refractivity contribution is 0.0698. The molecular weight excluding hydrogens is 318 g/mol. The molecule has 0 saturated heterocycles. The molecule has 0 radical (unpaired) electrons. The highest BCUT2D eigenvalue weighted by molar-refractivity contribution is 5.79. The molecule has 7 heteroatoms. The summed E-state index contributed by atoms with van der Waals surface area (Å²) in [6, 6.07) is 8.23. The summed E-state index contributed by atoms with van der Waals surface area (Å²) in [5.74, 6) is 0.775. The number of hydrogen-bond acceptors (Lipinski definition) is 4. The standard InChI is InChI=1S/C18H27N5O2/c1-19-18(21-8-5-11-25-13-12-24-2)22-14-16-6-3-4-7-17(16)23-10-9-20-15-23/h3-4,6-7,9-10,15H,5,8,11-14H2,1-2H3,(H2,19,21,22). The number of benzene rings is 1. The summed E-state index contributed by atoms with van der Waals surface area (Å²) < 4.78 is 12.4. The van der Waals surface area contributed by atoms with Gasteiger partial charge in [-0.25, -0.2) is 4.98 Å². The Bertz CT molecular complexity index is 628. The number of nitrogens with zero attached hydrogens (tertiary/aromatic N) is 3. The van der Waals surface area contributed by atoms with Gasteiger partial charge in [-0.15, -0.1) is 0 Å². The van der Waals surface area contributed by atoms with E-state index in [0.29, 0.717) is 26.4 Å². The summed E-state index contributed by atoms with van der Waals surface area (Å²) in [6.07, 6.45) is 6.43. The van der Waals surface area contributed by atoms with Crippen LogP contribution >= 0.6 is 0 Å². The van der Waals surface area contributed by atoms with E-state index in [9.17, 15) is 0 Å². The first-order chi connectivity index (χ1) is 12.3. The van der Waals surface area contributed by atoms with E-state index in [2.05, 4.69) is 32.7 Å². The van der Waals surface area contributed by atoms with Gasteiger partial charge in [0.2, 0.25) is 0 Å². The zero-order valence-electron chi connectivity index (χ0n) is 14.9. The van der Waals surface area contributed by atoms with Gasteiger partial charge in [0.05, 0.1) is 25.2 Å². The maximum Gasteiger partial charge on any atom is 0.191 e. The molecule has 0 spiro atoms. The van der Waals surface area contributed by atoms with Gasteiger partial charge in [0.1, 0.15) is 0 Å². The molecular formula is C18H27N5O2. The van der Waals surface area contributed by atoms with Crippen LogP contribution in [0.4, 0.5) is 0 Å². The van der Waals surface area contributed by atoms with Gasteiger partial charge in [0.25, 0.3) is 0 Å². The van der Waals surface area contributed by atoms with E-state index in [1.54, 1.807) is 26.7 Å². The molecule has 1 heterocycles. The van der Waals surface area contributed by atoms with Gasteiger partial charge in [-0.05, 0) is 18.1 Å². The molecule has 0 amide bonds. The van der Waals surface area contributed by atoms with E-state index < -0.39 is 0 Å². The number of aromatic nitrogens is 2. The van der Waals surface area contributed by atoms with Gasteiger partial charge in [-0.1, -0.05) is 18.2 Å². The van der Waals surface area contributed by atoms with Crippen molar-refractivity contribution in [3.05, 3.63) is 48.5 Å². The molecule has 0 fully saturated rings. The number of rotatable bonds is 10. The molecule has 0 aliphatic heterocycles. The number of ether oxygens (including phenoxy) is 2. The lowest BCUT2D eigenvalue weighted by Gasteiger charge is -2.14. The van der Waals surface area contributed by atoms with Crippen molar-refractivity contribution in [1.29, 1.82) is 0 Å². The first kappa shape index (κ1) is 19.0. The van der Waals surface area contributed by atoms with Crippen LogP contribution in [-0.2, 0) is 16.0 Å². The number of methoxy groups -OCH3 is 1. The predicted molar refractivity (Wildman–Crippen MR) is 99.1 cm³/mol. The molecule has 136 valence electrons. The first-order valence-electron chi connectivity index (χ1n) is 8.42. The molecule has 2 N–H and O–H groups in total. The second-order valence-corrected chi connectivity index (χ2v) is 5.41. The summed E-state index contributed by atoms with van der Waals surface area (Å²) >= 11 is 0. The van der Waals surface area contributed by atoms with Crippen LogP contribution in [0.3, 0.4) is 0 Å². The Morgan fingerprint density at radius 3 is 2.84 bits per heavy atom. The Hall–Kier alpha value is -2.38. The fourth-order valence-electron chi connectivity index (χ4n) is 2.34. The minimum absolute atomic E-state index is 0.632. The number of para-hydroxylation sites is 1. The Labute approximate surface area is 149 Å². The third-order valence-electron chi connectivity index (χ3n) is 3.63. The number of aliphatic imine (C=N–C) groups is 1. The van der Waals surface area contributed by atoms with E-state index in [0.717, 1.165) is 24.6 Å². The van der Waals surface area contributed by atoms with Gasteiger partial charge in [0, 0.05) is 46.2 Å². The van der Waals surface area contributed by atoms with Crippen LogP contribution in [0, 0.1) is 0 Å². The molecule has 2 aromatic rings. The molecule has 0 aliphatic rings. The number of imidazole rings is 1. The maximum atomic E-state index is 5.44. The third-order valence-corrected chi connectivity index (χ3v) is 3.63. The van der Waals surface area contributed by atoms with E-state index >= 15 is 0 Å². The quantitative estimate of drug-likeness (QED) is 0.389. The van der Waals surface area contributed by atoms with Crippen molar-refractivity contribution in [3.8, 4) is 5.69 Å². The maximum absolute atomic E-state index is 5.44. The van der Waals surface area contributed by atoms with Crippen LogP contribution in [0.15, 0.2) is 48.0 Å². The molecule has 0 unspecified atom stereocenters. The summed E-state index contributed by atoms with van der Waals surface area (Å²) in [5, 5.41) is 6.64. The van der Waals surface area contributed by atoms with Gasteiger partial charge in [-0.2, -0.15) is 0 Å². The minimum Gasteiger partial charge on any atom is -0.382 e. The number of guanidine groups is 1. The molecule has 0 aliphatic carbocycles. The molecule has 25 heavy (non-hydrogen) atoms. The Balaban J connectivity index is 1.76. The normalized spacial score (nSPS) is 11.5. The SMILES string of the molecule is CN=C(NCCCOCCOC)NCc1ccccc1-n1ccnc1. The van der Waals surface area contributed by atoms with Crippen molar-refractivity contribution in [2.45, 2.75) is 13.0 Å². The van der Waals surface area contributed by atoms with Crippen LogP contribution in [-0.4, -0.2) is 56.0 Å². The van der Waals surface area contributed by atoms with Crippen LogP contribution in [0.25, 0.3) is 5.69 Å². The topological polar surface area (TPSA) is 72.7 Å². The van der Waals surface area contributed by atoms with E-state index in [1.165, 1.54) is 5.56 Å². The summed E-state index contributed by atoms with van der Waals surface area (Å²) in [6.45, 7) is 3.45. The van der Waals surface area contributed by atoms with Gasteiger partial charge >= 0.3 is 0 Å². The molecule has 0 atom stereocenters. The highest BCUT2D eigenvalue weighted by Crippen LogP contribution is 2.13. The van der Waals surface area contributed by atoms with Crippen LogP contribution < -0.4 is 10.6 Å². The lowest BCUT2D eigenvalue weighted by Crippen LogP contribution is -2.37. The van der Waals surface area contributed by atoms with Crippen molar-refractivity contribution in [2.75, 3.05) is 40.5 Å². The fraction of sp³-hybridized carbons (Fsp3) is 0.444. The fourth-order valence-corrected chi connectivity index (χ4v) is 2.34. The zero-order valence-corrected chi connectivity index (χ0v) is 14.9. The van der Waals surface area contributed by atoms with E-state index in [4.69, 9.17) is 9.47 Å². The minimum atomic E-state index is 0.632. The average Bonchev–Trinajstić information content (AvgIpc) is 3.18. The predicted octanol–water partition coefficient (Wildman–Crippen LogP) is 1.59. The van der Waals surface area contributed by atoms with Crippen LogP contribution in [0.1, 0.15) is 12.0 Å². The van der Waals surface area contributed by atoms with Gasteiger partial charge in [-0.3, -0.25) is 4.99 Å². The van der Waals surface area contributed by atoms with Gasteiger partial charge < -0.3 is 24.7 Å². The summed E-state index contributed by atoms with van der Waals surface area (Å²) in [4.78, 5) is 8.37. The van der Waals surface area contributed by atoms with Crippen LogP contribution in [0.5, 0.6) is 0 Å². The molecule has 0 saturated carbocycles. The lowest BCUT2D eigenvalue weighted by atomic mass is 10.1. The number of nitrogens with one attached hydrogen (secondary N) is 2. The first-order valence-corrected chi connectivity index (χ1v) is 8.42. The van der Waals surface area contributed by atoms with Crippen molar-refractivity contribution < 1.29 is 9.47 Å². The third kappa shape index (κ3) is 6.56. The van der Waals surface area contributed by atoms with E-state index in [1.807, 2.05) is 22.9 Å². The highest BCUT2D eigenvalue weighted by atomic mass is 16.5. The molecule has 1 aromatic carbocycles. The molecule has 7 nitrogen and oxygen atoms in total. The monoisotopic (exact) mass is 345 g/mol. The smallest absolute Gasteiger partial charge is 0.191 e. The second-order valence-electron chi connectivity index (χ2n) is 5.41. The Morgan fingerprint density at radius 1 is 1.20 bits per heavy atom. The van der Waals surface area contributed by atoms with Crippen molar-refractivity contribution in [2.24, 2.45) is 4.99 Å². The zero-order chi connectivity index (χ0) is 17.7. The second kappa shape index (κ2) is 11.2. The Kier molecular flexibility index (Phi) is 8.51. The molecule has 1 aromatic heterocycles. The Morgan fingerprint density at radius 2 is 2.08 bits per heavy atom. The highest BCUT2D eigenvalue weighted by Gasteiger charge is 2.04. The summed E-state index contributed by atoms with van der Waals surface area (Å²) in [5.41, 5.74) is 2.28. The molecule has 2 rings (SSSR count). The molecule has 0 bridgehead atoms. The van der Waals surface area contributed by atoms with Crippen LogP contribution in [0.2, 0.25) is 0 Å². The number of hydrogen-bond donors (Lipinski definition) is 2. The van der Waals surface area contributed by atoms with Crippen molar-refractivity contribution >= 4 is 5.96 Å².